The molecule has 2 fully saturated rings. The first-order chi connectivity index (χ1) is 13.6. The number of nitrogens with one attached hydrogen (secondary N) is 1. The molecule has 2 saturated heterocycles. The van der Waals surface area contributed by atoms with Crippen LogP contribution in [-0.4, -0.2) is 68.2 Å². The highest BCUT2D eigenvalue weighted by atomic mass is 16.6. The van der Waals surface area contributed by atoms with Crippen molar-refractivity contribution in [2.75, 3.05) is 57.4 Å². The molecule has 3 rings (SSSR count). The van der Waals surface area contributed by atoms with Gasteiger partial charge in [0.1, 0.15) is 0 Å². The Hall–Kier alpha value is -2.19. The minimum atomic E-state index is -0.459. The molecule has 0 spiro atoms. The number of likely N-dealkylation sites (tertiary alicyclic amines) is 1. The number of nitro benzene ring substituents is 1. The molecule has 8 nitrogen and oxygen atoms in total. The predicted molar refractivity (Wildman–Crippen MR) is 108 cm³/mol. The number of morpholine rings is 1. The second-order valence-electron chi connectivity index (χ2n) is 7.42. The summed E-state index contributed by atoms with van der Waals surface area (Å²) in [6.07, 6.45) is 6.01. The normalized spacial score (nSPS) is 18.5. The van der Waals surface area contributed by atoms with Crippen LogP contribution in [0.3, 0.4) is 0 Å². The monoisotopic (exact) mass is 390 g/mol. The van der Waals surface area contributed by atoms with Crippen molar-refractivity contribution in [1.82, 2.24) is 10.2 Å². The highest BCUT2D eigenvalue weighted by molar-refractivity contribution is 6.00. The molecule has 2 aliphatic rings. The quantitative estimate of drug-likeness (QED) is 0.437. The van der Waals surface area contributed by atoms with E-state index in [9.17, 15) is 14.9 Å². The summed E-state index contributed by atoms with van der Waals surface area (Å²) in [4.78, 5) is 28.0. The molecule has 1 amide bonds. The van der Waals surface area contributed by atoms with Crippen LogP contribution in [0.25, 0.3) is 0 Å². The van der Waals surface area contributed by atoms with Crippen LogP contribution in [0.2, 0.25) is 0 Å². The molecule has 0 aliphatic carbocycles. The molecule has 0 bridgehead atoms. The van der Waals surface area contributed by atoms with Gasteiger partial charge in [0.25, 0.3) is 11.6 Å². The molecule has 154 valence electrons. The van der Waals surface area contributed by atoms with E-state index in [1.54, 1.807) is 6.07 Å². The fraction of sp³-hybridized carbons (Fsp3) is 0.650. The van der Waals surface area contributed by atoms with Crippen molar-refractivity contribution in [3.8, 4) is 0 Å². The number of non-ortho nitro benzene ring substituents is 1. The second-order valence-corrected chi connectivity index (χ2v) is 7.42. The maximum absolute atomic E-state index is 12.8. The average Bonchev–Trinajstić information content (AvgIpc) is 3.00. The van der Waals surface area contributed by atoms with Gasteiger partial charge in [-0.15, -0.1) is 0 Å². The molecule has 0 aromatic heterocycles. The maximum atomic E-state index is 12.8. The third-order valence-electron chi connectivity index (χ3n) is 5.42. The zero-order chi connectivity index (χ0) is 19.8. The van der Waals surface area contributed by atoms with Crippen LogP contribution >= 0.6 is 0 Å². The molecule has 2 aliphatic heterocycles. The summed E-state index contributed by atoms with van der Waals surface area (Å²) in [6, 6.07) is 4.52. The molecule has 1 aromatic carbocycles. The minimum absolute atomic E-state index is 0.0632. The topological polar surface area (TPSA) is 88.0 Å². The highest BCUT2D eigenvalue weighted by Crippen LogP contribution is 2.26. The number of rotatable bonds is 7. The Morgan fingerprint density at radius 1 is 1.11 bits per heavy atom. The van der Waals surface area contributed by atoms with Gasteiger partial charge in [0.05, 0.1) is 29.4 Å². The van der Waals surface area contributed by atoms with Crippen molar-refractivity contribution < 1.29 is 14.5 Å². The first kappa shape index (κ1) is 20.5. The number of carbonyl (C=O) groups is 1. The molecule has 1 N–H and O–H groups in total. The number of hydrogen-bond donors (Lipinski definition) is 1. The van der Waals surface area contributed by atoms with Gasteiger partial charge in [-0.25, -0.2) is 0 Å². The lowest BCUT2D eigenvalue weighted by Crippen LogP contribution is -2.38. The number of anilines is 1. The van der Waals surface area contributed by atoms with Crippen molar-refractivity contribution in [3.05, 3.63) is 33.9 Å². The van der Waals surface area contributed by atoms with E-state index in [0.29, 0.717) is 38.4 Å². The van der Waals surface area contributed by atoms with Gasteiger partial charge in [-0.05, 0) is 45.0 Å². The van der Waals surface area contributed by atoms with E-state index in [1.165, 1.54) is 37.8 Å². The second kappa shape index (κ2) is 10.4. The Morgan fingerprint density at radius 3 is 2.50 bits per heavy atom. The van der Waals surface area contributed by atoms with Crippen LogP contribution in [0.15, 0.2) is 18.2 Å². The van der Waals surface area contributed by atoms with Gasteiger partial charge in [0.2, 0.25) is 0 Å². The third-order valence-corrected chi connectivity index (χ3v) is 5.42. The van der Waals surface area contributed by atoms with Gasteiger partial charge in [-0.2, -0.15) is 0 Å². The van der Waals surface area contributed by atoms with Gasteiger partial charge in [-0.1, -0.05) is 12.8 Å². The summed E-state index contributed by atoms with van der Waals surface area (Å²) in [6.45, 7) is 6.36. The summed E-state index contributed by atoms with van der Waals surface area (Å²) in [5, 5.41) is 14.1. The summed E-state index contributed by atoms with van der Waals surface area (Å²) in [7, 11) is 0. The molecule has 1 aromatic rings. The number of hydrogen-bond acceptors (Lipinski definition) is 6. The van der Waals surface area contributed by atoms with Crippen molar-refractivity contribution in [2.24, 2.45) is 0 Å². The van der Waals surface area contributed by atoms with Gasteiger partial charge >= 0.3 is 0 Å². The highest BCUT2D eigenvalue weighted by Gasteiger charge is 2.22. The van der Waals surface area contributed by atoms with Crippen LogP contribution in [0, 0.1) is 10.1 Å². The standard InChI is InChI=1S/C20H30N4O4/c25-20(21-8-5-11-22-9-3-1-2-4-10-22)18-16-17(24(26)27)6-7-19(18)23-12-14-28-15-13-23/h6-7,16H,1-5,8-15H2,(H,21,25). The number of nitrogens with zero attached hydrogens (tertiary/aromatic N) is 3. The number of benzene rings is 1. The summed E-state index contributed by atoms with van der Waals surface area (Å²) in [5.41, 5.74) is 1.04. The van der Waals surface area contributed by atoms with Gasteiger partial charge < -0.3 is 19.9 Å². The van der Waals surface area contributed by atoms with Crippen molar-refractivity contribution in [3.63, 3.8) is 0 Å². The molecule has 28 heavy (non-hydrogen) atoms. The van der Waals surface area contributed by atoms with Crippen LogP contribution in [0.1, 0.15) is 42.5 Å². The zero-order valence-electron chi connectivity index (χ0n) is 16.4. The Balaban J connectivity index is 1.60. The first-order valence-electron chi connectivity index (χ1n) is 10.3. The van der Waals surface area contributed by atoms with E-state index in [4.69, 9.17) is 4.74 Å². The number of nitro groups is 1. The van der Waals surface area contributed by atoms with Crippen LogP contribution in [0.4, 0.5) is 11.4 Å². The van der Waals surface area contributed by atoms with E-state index < -0.39 is 4.92 Å². The Bertz CT molecular complexity index is 668. The zero-order valence-corrected chi connectivity index (χ0v) is 16.4. The minimum Gasteiger partial charge on any atom is -0.378 e. The van der Waals surface area contributed by atoms with Crippen molar-refractivity contribution >= 4 is 17.3 Å². The number of ether oxygens (including phenoxy) is 1. The molecule has 0 radical (unpaired) electrons. The summed E-state index contributed by atoms with van der Waals surface area (Å²) < 4.78 is 5.37. The molecule has 0 saturated carbocycles. The molecule has 0 unspecified atom stereocenters. The average molecular weight is 390 g/mol. The van der Waals surface area contributed by atoms with E-state index in [-0.39, 0.29) is 11.6 Å². The number of carbonyl (C=O) groups excluding carboxylic acids is 1. The predicted octanol–water partition coefficient (Wildman–Crippen LogP) is 2.43. The Labute approximate surface area is 166 Å². The molecule has 2 heterocycles. The van der Waals surface area contributed by atoms with E-state index in [0.717, 1.165) is 31.7 Å². The maximum Gasteiger partial charge on any atom is 0.270 e. The van der Waals surface area contributed by atoms with Crippen molar-refractivity contribution in [2.45, 2.75) is 32.1 Å². The lowest BCUT2D eigenvalue weighted by molar-refractivity contribution is -0.384. The van der Waals surface area contributed by atoms with E-state index in [2.05, 4.69) is 15.1 Å². The smallest absolute Gasteiger partial charge is 0.270 e. The largest absolute Gasteiger partial charge is 0.378 e. The fourth-order valence-corrected chi connectivity index (χ4v) is 3.86. The van der Waals surface area contributed by atoms with Crippen LogP contribution in [-0.2, 0) is 4.74 Å². The SMILES string of the molecule is O=C(NCCCN1CCCCCC1)c1cc([N+](=O)[O-])ccc1N1CCOCC1. The van der Waals surface area contributed by atoms with E-state index in [1.807, 2.05) is 0 Å². The summed E-state index contributed by atoms with van der Waals surface area (Å²) >= 11 is 0. The Morgan fingerprint density at radius 2 is 1.82 bits per heavy atom. The van der Waals surface area contributed by atoms with Crippen LogP contribution < -0.4 is 10.2 Å². The lowest BCUT2D eigenvalue weighted by Gasteiger charge is -2.30. The van der Waals surface area contributed by atoms with Crippen molar-refractivity contribution in [1.29, 1.82) is 0 Å². The van der Waals surface area contributed by atoms with E-state index >= 15 is 0 Å². The fourth-order valence-electron chi connectivity index (χ4n) is 3.86. The first-order valence-corrected chi connectivity index (χ1v) is 10.3. The molecule has 8 heteroatoms. The van der Waals surface area contributed by atoms with Gasteiger partial charge in [0, 0.05) is 31.8 Å². The Kier molecular flexibility index (Phi) is 7.62. The van der Waals surface area contributed by atoms with Gasteiger partial charge in [0.15, 0.2) is 0 Å². The lowest BCUT2D eigenvalue weighted by atomic mass is 10.1. The number of amides is 1. The third kappa shape index (κ3) is 5.65. The molecular weight excluding hydrogens is 360 g/mol. The van der Waals surface area contributed by atoms with Crippen LogP contribution in [0.5, 0.6) is 0 Å². The molecule has 0 atom stereocenters. The molecular formula is C20H30N4O4. The van der Waals surface area contributed by atoms with Gasteiger partial charge in [-0.3, -0.25) is 14.9 Å². The summed E-state index contributed by atoms with van der Waals surface area (Å²) in [5.74, 6) is -0.249.